The van der Waals surface area contributed by atoms with Crippen LogP contribution in [0.15, 0.2) is 102 Å². The maximum absolute atomic E-state index is 12.8. The van der Waals surface area contributed by atoms with Crippen LogP contribution in [0.4, 0.5) is 5.69 Å². The van der Waals surface area contributed by atoms with Gasteiger partial charge in [0.25, 0.3) is 0 Å². The van der Waals surface area contributed by atoms with Crippen LogP contribution in [0.2, 0.25) is 0 Å². The largest absolute Gasteiger partial charge is 0.457 e. The van der Waals surface area contributed by atoms with Crippen LogP contribution in [0.3, 0.4) is 0 Å². The Morgan fingerprint density at radius 3 is 1.96 bits per heavy atom. The van der Waals surface area contributed by atoms with Crippen LogP contribution in [0.25, 0.3) is 0 Å². The van der Waals surface area contributed by atoms with Crippen molar-refractivity contribution in [2.45, 2.75) is 44.4 Å². The number of carbonyl (C=O) groups is 3. The van der Waals surface area contributed by atoms with Crippen molar-refractivity contribution in [3.63, 3.8) is 0 Å². The highest BCUT2D eigenvalue weighted by Crippen LogP contribution is 2.31. The lowest BCUT2D eigenvalue weighted by atomic mass is 9.87. The van der Waals surface area contributed by atoms with Crippen molar-refractivity contribution in [1.82, 2.24) is 0 Å². The zero-order valence-electron chi connectivity index (χ0n) is 26.1. The van der Waals surface area contributed by atoms with Gasteiger partial charge in [-0.3, -0.25) is 14.4 Å². The summed E-state index contributed by atoms with van der Waals surface area (Å²) < 4.78 is 41.4. The summed E-state index contributed by atoms with van der Waals surface area (Å²) >= 11 is 0. The summed E-state index contributed by atoms with van der Waals surface area (Å²) in [5.41, 5.74) is 2.99. The van der Waals surface area contributed by atoms with E-state index in [1.807, 2.05) is 31.2 Å². The van der Waals surface area contributed by atoms with Crippen molar-refractivity contribution >= 4 is 33.5 Å². The SMILES string of the molecule is Cc1ccc(S(=O)(=O)Oc2ccc(C(=O)COC(=O)[C@H]3CC(=O)N(c4ccc(Oc5ccc(C(C)(C)C)cc5)cc4)C3)cc2)cc1. The van der Waals surface area contributed by atoms with Gasteiger partial charge in [0.15, 0.2) is 12.4 Å². The van der Waals surface area contributed by atoms with Gasteiger partial charge in [0.05, 0.1) is 5.92 Å². The smallest absolute Gasteiger partial charge is 0.339 e. The maximum Gasteiger partial charge on any atom is 0.339 e. The zero-order chi connectivity index (χ0) is 33.1. The van der Waals surface area contributed by atoms with Crippen molar-refractivity contribution in [3.05, 3.63) is 114 Å². The zero-order valence-corrected chi connectivity index (χ0v) is 26.9. The van der Waals surface area contributed by atoms with Crippen molar-refractivity contribution in [1.29, 1.82) is 0 Å². The average molecular weight is 642 g/mol. The first-order valence-electron chi connectivity index (χ1n) is 14.8. The van der Waals surface area contributed by atoms with Gasteiger partial charge in [-0.2, -0.15) is 8.42 Å². The normalized spacial score (nSPS) is 15.0. The molecule has 0 radical (unpaired) electrons. The molecule has 0 bridgehead atoms. The van der Waals surface area contributed by atoms with Crippen molar-refractivity contribution in [2.75, 3.05) is 18.1 Å². The van der Waals surface area contributed by atoms with Gasteiger partial charge in [-0.25, -0.2) is 0 Å². The molecule has 238 valence electrons. The minimum Gasteiger partial charge on any atom is -0.457 e. The minimum absolute atomic E-state index is 0.0120. The number of ketones is 1. The Morgan fingerprint density at radius 2 is 1.37 bits per heavy atom. The molecule has 0 N–H and O–H groups in total. The van der Waals surface area contributed by atoms with Crippen molar-refractivity contribution < 1.29 is 36.5 Å². The van der Waals surface area contributed by atoms with Gasteiger partial charge < -0.3 is 18.6 Å². The lowest BCUT2D eigenvalue weighted by Gasteiger charge is -2.19. The molecule has 1 amide bonds. The molecule has 1 saturated heterocycles. The summed E-state index contributed by atoms with van der Waals surface area (Å²) in [6.45, 7) is 7.89. The minimum atomic E-state index is -4.04. The first-order chi connectivity index (χ1) is 21.8. The second-order valence-corrected chi connectivity index (χ2v) is 13.7. The maximum atomic E-state index is 12.8. The quantitative estimate of drug-likeness (QED) is 0.108. The summed E-state index contributed by atoms with van der Waals surface area (Å²) in [5.74, 6) is -0.728. The van der Waals surface area contributed by atoms with E-state index in [1.165, 1.54) is 46.9 Å². The number of Topliss-reactive ketones (excluding diaryl/α,β-unsaturated/α-hetero) is 1. The van der Waals surface area contributed by atoms with E-state index in [4.69, 9.17) is 13.7 Å². The predicted octanol–water partition coefficient (Wildman–Crippen LogP) is 6.63. The van der Waals surface area contributed by atoms with Gasteiger partial charge in [0, 0.05) is 24.2 Å². The Kier molecular flexibility index (Phi) is 9.29. The van der Waals surface area contributed by atoms with Crippen molar-refractivity contribution in [2.24, 2.45) is 5.92 Å². The van der Waals surface area contributed by atoms with Crippen LogP contribution in [-0.4, -0.2) is 39.2 Å². The van der Waals surface area contributed by atoms with E-state index < -0.39 is 34.4 Å². The van der Waals surface area contributed by atoms with Crippen molar-refractivity contribution in [3.8, 4) is 17.2 Å². The molecule has 0 unspecified atom stereocenters. The third-order valence-corrected chi connectivity index (χ3v) is 8.86. The molecule has 9 nitrogen and oxygen atoms in total. The van der Waals surface area contributed by atoms with Crippen LogP contribution in [0.1, 0.15) is 48.7 Å². The fourth-order valence-electron chi connectivity index (χ4n) is 4.88. The number of aryl methyl sites for hydroxylation is 1. The molecule has 0 aliphatic carbocycles. The Bertz CT molecular complexity index is 1820. The van der Waals surface area contributed by atoms with Gasteiger partial charge in [-0.15, -0.1) is 0 Å². The molecule has 0 saturated carbocycles. The Labute approximate surface area is 268 Å². The van der Waals surface area contributed by atoms with Crippen LogP contribution in [-0.2, 0) is 29.9 Å². The van der Waals surface area contributed by atoms with E-state index in [2.05, 4.69) is 20.8 Å². The van der Waals surface area contributed by atoms with E-state index in [0.717, 1.165) is 5.56 Å². The van der Waals surface area contributed by atoms with Gasteiger partial charge in [-0.05, 0) is 90.7 Å². The third kappa shape index (κ3) is 7.81. The Morgan fingerprint density at radius 1 is 0.804 bits per heavy atom. The molecule has 0 aromatic heterocycles. The van der Waals surface area contributed by atoms with Crippen LogP contribution in [0, 0.1) is 12.8 Å². The lowest BCUT2D eigenvalue weighted by Crippen LogP contribution is -2.27. The second-order valence-electron chi connectivity index (χ2n) is 12.2. The number of benzene rings is 4. The van der Waals surface area contributed by atoms with Crippen LogP contribution >= 0.6 is 0 Å². The molecule has 5 rings (SSSR count). The highest BCUT2D eigenvalue weighted by atomic mass is 32.2. The monoisotopic (exact) mass is 641 g/mol. The first-order valence-corrected chi connectivity index (χ1v) is 16.2. The molecular weight excluding hydrogens is 606 g/mol. The summed E-state index contributed by atoms with van der Waals surface area (Å²) in [4.78, 5) is 39.7. The predicted molar refractivity (Wildman–Crippen MR) is 173 cm³/mol. The number of esters is 1. The Balaban J connectivity index is 1.11. The number of nitrogens with zero attached hydrogens (tertiary/aromatic N) is 1. The summed E-state index contributed by atoms with van der Waals surface area (Å²) in [6.07, 6.45) is -0.0348. The third-order valence-electron chi connectivity index (χ3n) is 7.60. The lowest BCUT2D eigenvalue weighted by molar-refractivity contribution is -0.147. The highest BCUT2D eigenvalue weighted by molar-refractivity contribution is 7.87. The summed E-state index contributed by atoms with van der Waals surface area (Å²) in [7, 11) is -4.04. The molecule has 1 aliphatic rings. The van der Waals surface area contributed by atoms with Gasteiger partial charge in [0.1, 0.15) is 22.1 Å². The molecule has 1 aliphatic heterocycles. The number of anilines is 1. The van der Waals surface area contributed by atoms with Gasteiger partial charge in [-0.1, -0.05) is 50.6 Å². The molecule has 4 aromatic carbocycles. The molecular formula is C36H35NO8S. The van der Waals surface area contributed by atoms with E-state index >= 15 is 0 Å². The van der Waals surface area contributed by atoms with E-state index in [9.17, 15) is 22.8 Å². The number of hydrogen-bond donors (Lipinski definition) is 0. The fourth-order valence-corrected chi connectivity index (χ4v) is 5.81. The number of hydrogen-bond acceptors (Lipinski definition) is 8. The molecule has 10 heteroatoms. The van der Waals surface area contributed by atoms with E-state index in [0.29, 0.717) is 17.2 Å². The number of amides is 1. The van der Waals surface area contributed by atoms with Crippen LogP contribution < -0.4 is 13.8 Å². The number of ether oxygens (including phenoxy) is 2. The second kappa shape index (κ2) is 13.2. The summed E-state index contributed by atoms with van der Waals surface area (Å²) in [5, 5.41) is 0. The molecule has 0 spiro atoms. The molecule has 4 aromatic rings. The highest BCUT2D eigenvalue weighted by Gasteiger charge is 2.36. The van der Waals surface area contributed by atoms with Crippen LogP contribution in [0.5, 0.6) is 17.2 Å². The van der Waals surface area contributed by atoms with E-state index in [-0.39, 0.29) is 40.5 Å². The number of rotatable bonds is 10. The molecule has 1 heterocycles. The van der Waals surface area contributed by atoms with E-state index in [1.54, 1.807) is 36.4 Å². The fraction of sp³-hybridized carbons (Fsp3) is 0.250. The molecule has 1 fully saturated rings. The average Bonchev–Trinajstić information content (AvgIpc) is 3.42. The Hall–Kier alpha value is -4.96. The molecule has 1 atom stereocenters. The summed E-state index contributed by atoms with van der Waals surface area (Å²) in [6, 6.07) is 26.7. The standard InChI is InChI=1S/C36H35NO8S/c1-24-5-19-32(20-6-24)46(41,42)45-31-13-7-25(8-14-31)33(38)23-43-35(40)26-21-34(39)37(22-26)28-11-17-30(18-12-28)44-29-15-9-27(10-16-29)36(2,3)4/h5-20,26H,21-23H2,1-4H3/t26-/m0/s1. The molecule has 46 heavy (non-hydrogen) atoms. The number of carbonyl (C=O) groups excluding carboxylic acids is 3. The topological polar surface area (TPSA) is 116 Å². The van der Waals surface area contributed by atoms with Gasteiger partial charge in [0.2, 0.25) is 5.91 Å². The first kappa shape index (κ1) is 32.4. The van der Waals surface area contributed by atoms with Gasteiger partial charge >= 0.3 is 16.1 Å².